The molecule has 0 spiro atoms. The van der Waals surface area contributed by atoms with E-state index in [0.29, 0.717) is 41.1 Å². The van der Waals surface area contributed by atoms with E-state index in [1.54, 1.807) is 60.9 Å². The predicted octanol–water partition coefficient (Wildman–Crippen LogP) is 4.57. The van der Waals surface area contributed by atoms with Gasteiger partial charge in [-0.1, -0.05) is 60.7 Å². The number of ether oxygens (including phenoxy) is 6. The van der Waals surface area contributed by atoms with E-state index in [1.807, 2.05) is 24.3 Å². The molecule has 7 unspecified atom stereocenters. The quantitative estimate of drug-likeness (QED) is 0.0724. The number of phosphoric ester groups is 2. The van der Waals surface area contributed by atoms with Crippen LogP contribution in [-0.2, 0) is 50.9 Å². The number of imidazole rings is 2. The monoisotopic (exact) mass is 993 g/mol. The van der Waals surface area contributed by atoms with Crippen molar-refractivity contribution in [1.82, 2.24) is 44.7 Å². The van der Waals surface area contributed by atoms with Gasteiger partial charge in [-0.15, -0.1) is 0 Å². The standard InChI is InChI=1S/C41H45N11O15P2/c1-3-42-40(53)49-24-15-16-44-34-27(24)47-20-51(34)36-31-29(63-38(65-31)22-11-7-5-8-12-22)25(61-36)17-59-68(55,56)67-69(57,58)60-18-26-30-32(66-39(64-30)23-13-9-6-10-14-23)37(62-26)52-21-48-28-33(45-19-46-35(28)52)50-41(54)43-4-2/h5-16,19-21,25-26,29-32,36-39H,3-4,17-18H2,1-2H3,(H,55,56)(H,57,58)(H2,42,44,49,53)(H2,43,45,46,50,54)/t25-,26-,29+,30?,31?,32?,36-,37-,38?,39?/m1/s1. The van der Waals surface area contributed by atoms with Gasteiger partial charge in [0.1, 0.15) is 48.5 Å². The van der Waals surface area contributed by atoms with Crippen molar-refractivity contribution in [2.24, 2.45) is 0 Å². The summed E-state index contributed by atoms with van der Waals surface area (Å²) in [6.07, 6.45) is -3.99. The molecule has 0 saturated carbocycles. The van der Waals surface area contributed by atoms with Crippen LogP contribution in [0.25, 0.3) is 22.3 Å². The molecular weight excluding hydrogens is 948 g/mol. The maximum atomic E-state index is 13.4. The molecule has 8 heterocycles. The van der Waals surface area contributed by atoms with E-state index < -0.39 is 103 Å². The van der Waals surface area contributed by atoms with Crippen molar-refractivity contribution < 1.29 is 70.3 Å². The zero-order valence-corrected chi connectivity index (χ0v) is 38.3. The van der Waals surface area contributed by atoms with Crippen LogP contribution in [-0.4, -0.2) is 119 Å². The summed E-state index contributed by atoms with van der Waals surface area (Å²) in [6, 6.07) is 18.7. The number of nitrogens with zero attached hydrogens (tertiary/aromatic N) is 7. The molecule has 28 heteroatoms. The summed E-state index contributed by atoms with van der Waals surface area (Å²) in [5.74, 6) is 0.129. The highest BCUT2D eigenvalue weighted by Crippen LogP contribution is 2.61. The number of aromatic nitrogens is 7. The molecule has 6 aromatic rings. The molecule has 4 aliphatic rings. The Labute approximate surface area is 391 Å². The SMILES string of the molecule is CCNC(=O)Nc1ncnc2c1ncn2[C@@H]1O[C@H](COP(=O)(O)OP(=O)(O)OC[C@H]2O[C@@H](n3cnc4c(NC(=O)NCC)ccnc43)C3OC(c4ccccc4)O[C@H]32)C2OC(c3ccccc3)OC21. The topological polar surface area (TPSA) is 314 Å². The second kappa shape index (κ2) is 19.5. The van der Waals surface area contributed by atoms with Gasteiger partial charge in [-0.2, -0.15) is 4.31 Å². The molecule has 4 saturated heterocycles. The van der Waals surface area contributed by atoms with Crippen molar-refractivity contribution in [3.05, 3.63) is 103 Å². The summed E-state index contributed by atoms with van der Waals surface area (Å²) in [7, 11) is -10.8. The number of rotatable bonds is 16. The second-order valence-electron chi connectivity index (χ2n) is 15.8. The van der Waals surface area contributed by atoms with Gasteiger partial charge in [0.25, 0.3) is 0 Å². The molecule has 10 rings (SSSR count). The number of carbonyl (C=O) groups is 2. The van der Waals surface area contributed by atoms with Crippen molar-refractivity contribution >= 4 is 61.5 Å². The largest absolute Gasteiger partial charge is 0.481 e. The van der Waals surface area contributed by atoms with Gasteiger partial charge in [0.15, 0.2) is 47.7 Å². The molecule has 0 aliphatic carbocycles. The second-order valence-corrected chi connectivity index (χ2v) is 18.9. The van der Waals surface area contributed by atoms with Crippen LogP contribution in [0.3, 0.4) is 0 Å². The minimum Gasteiger partial charge on any atom is -0.347 e. The Hall–Kier alpha value is -5.83. The average molecular weight is 994 g/mol. The van der Waals surface area contributed by atoms with E-state index in [0.717, 1.165) is 0 Å². The van der Waals surface area contributed by atoms with E-state index in [-0.39, 0.29) is 17.0 Å². The summed E-state index contributed by atoms with van der Waals surface area (Å²) in [5.41, 5.74) is 2.89. The third-order valence-corrected chi connectivity index (χ3v) is 14.0. The van der Waals surface area contributed by atoms with Gasteiger partial charge in [-0.05, 0) is 19.9 Å². The third kappa shape index (κ3) is 9.72. The summed E-state index contributed by atoms with van der Waals surface area (Å²) in [4.78, 5) is 68.3. The minimum atomic E-state index is -5.41. The number of anilines is 2. The number of amides is 4. The first-order valence-electron chi connectivity index (χ1n) is 21.7. The first kappa shape index (κ1) is 46.9. The Kier molecular flexibility index (Phi) is 13.3. The van der Waals surface area contributed by atoms with Crippen molar-refractivity contribution in [3.8, 4) is 0 Å². The maximum absolute atomic E-state index is 13.4. The van der Waals surface area contributed by atoms with Crippen LogP contribution in [0.15, 0.2) is 91.9 Å². The number of hydrogen-bond donors (Lipinski definition) is 6. The molecule has 4 aromatic heterocycles. The molecule has 4 aliphatic heterocycles. The molecule has 6 N–H and O–H groups in total. The van der Waals surface area contributed by atoms with Gasteiger partial charge in [-0.25, -0.2) is 43.6 Å². The fourth-order valence-corrected chi connectivity index (χ4v) is 10.5. The smallest absolute Gasteiger partial charge is 0.347 e. The lowest BCUT2D eigenvalue weighted by atomic mass is 10.1. The van der Waals surface area contributed by atoms with Gasteiger partial charge in [0, 0.05) is 30.4 Å². The number of urea groups is 2. The fourth-order valence-electron chi connectivity index (χ4n) is 8.42. The van der Waals surface area contributed by atoms with Gasteiger partial charge >= 0.3 is 27.7 Å². The van der Waals surface area contributed by atoms with Crippen LogP contribution in [0.4, 0.5) is 21.1 Å². The van der Waals surface area contributed by atoms with Crippen LogP contribution < -0.4 is 21.3 Å². The summed E-state index contributed by atoms with van der Waals surface area (Å²) in [5, 5.41) is 10.7. The molecular formula is C41H45N11O15P2. The third-order valence-electron chi connectivity index (χ3n) is 11.4. The van der Waals surface area contributed by atoms with Crippen LogP contribution in [0.2, 0.25) is 0 Å². The highest BCUT2D eigenvalue weighted by atomic mass is 31.3. The van der Waals surface area contributed by atoms with Crippen molar-refractivity contribution in [2.45, 2.75) is 75.5 Å². The van der Waals surface area contributed by atoms with E-state index in [1.165, 1.54) is 29.7 Å². The number of phosphoric acid groups is 2. The van der Waals surface area contributed by atoms with E-state index >= 15 is 0 Å². The van der Waals surface area contributed by atoms with Gasteiger partial charge in [-0.3, -0.25) is 23.5 Å². The lowest BCUT2D eigenvalue weighted by Crippen LogP contribution is -2.32. The minimum absolute atomic E-state index is 0.129. The summed E-state index contributed by atoms with van der Waals surface area (Å²) < 4.78 is 83.3. The molecule has 26 nitrogen and oxygen atoms in total. The number of hydrogen-bond acceptors (Lipinski definition) is 18. The van der Waals surface area contributed by atoms with Crippen molar-refractivity contribution in [2.75, 3.05) is 36.9 Å². The highest BCUT2D eigenvalue weighted by Gasteiger charge is 2.56. The van der Waals surface area contributed by atoms with Crippen LogP contribution in [0.1, 0.15) is 50.0 Å². The Balaban J connectivity index is 0.832. The molecule has 4 amide bonds. The fraction of sp³-hybridized carbons (Fsp3) is 0.390. The zero-order valence-electron chi connectivity index (χ0n) is 36.5. The number of carbonyl (C=O) groups excluding carboxylic acids is 2. The van der Waals surface area contributed by atoms with Crippen LogP contribution in [0.5, 0.6) is 0 Å². The van der Waals surface area contributed by atoms with Gasteiger partial charge < -0.3 is 54.2 Å². The van der Waals surface area contributed by atoms with Crippen molar-refractivity contribution in [3.63, 3.8) is 0 Å². The van der Waals surface area contributed by atoms with Gasteiger partial charge in [0.05, 0.1) is 31.6 Å². The van der Waals surface area contributed by atoms with E-state index in [9.17, 15) is 28.5 Å². The highest BCUT2D eigenvalue weighted by molar-refractivity contribution is 7.61. The molecule has 12 atom stereocenters. The Morgan fingerprint density at radius 1 is 0.623 bits per heavy atom. The van der Waals surface area contributed by atoms with Crippen molar-refractivity contribution in [1.29, 1.82) is 0 Å². The average Bonchev–Trinajstić information content (AvgIpc) is 4.20. The molecule has 364 valence electrons. The first-order chi connectivity index (χ1) is 33.4. The van der Waals surface area contributed by atoms with Crippen LogP contribution >= 0.6 is 15.6 Å². The van der Waals surface area contributed by atoms with E-state index in [2.05, 4.69) is 46.2 Å². The zero-order chi connectivity index (χ0) is 47.9. The maximum Gasteiger partial charge on any atom is 0.481 e. The molecule has 0 bridgehead atoms. The summed E-state index contributed by atoms with van der Waals surface area (Å²) in [6.45, 7) is 2.93. The molecule has 69 heavy (non-hydrogen) atoms. The molecule has 0 radical (unpaired) electrons. The lowest BCUT2D eigenvalue weighted by Gasteiger charge is -2.23. The lowest BCUT2D eigenvalue weighted by molar-refractivity contribution is -0.153. The Morgan fingerprint density at radius 2 is 1.12 bits per heavy atom. The number of nitrogens with one attached hydrogen (secondary N) is 4. The molecule has 2 aromatic carbocycles. The first-order valence-corrected chi connectivity index (χ1v) is 24.6. The Morgan fingerprint density at radius 3 is 1.65 bits per heavy atom. The van der Waals surface area contributed by atoms with Gasteiger partial charge in [0.2, 0.25) is 0 Å². The predicted molar refractivity (Wildman–Crippen MR) is 237 cm³/mol. The molecule has 4 fully saturated rings. The van der Waals surface area contributed by atoms with Crippen LogP contribution in [0, 0.1) is 0 Å². The number of benzene rings is 2. The normalized spacial score (nSPS) is 27.9. The van der Waals surface area contributed by atoms with E-state index in [4.69, 9.17) is 41.8 Å². The summed E-state index contributed by atoms with van der Waals surface area (Å²) >= 11 is 0. The number of fused-ring (bicyclic) bond motifs is 4. The Bertz CT molecular complexity index is 2730. The number of pyridine rings is 1.